The number of ether oxygens (including phenoxy) is 3. The number of para-hydroxylation sites is 1. The molecular formula is C23H19F6NO3. The fraction of sp³-hybridized carbons (Fsp3) is 0.261. The van der Waals surface area contributed by atoms with Crippen molar-refractivity contribution in [3.05, 3.63) is 84.1 Å². The van der Waals surface area contributed by atoms with Crippen molar-refractivity contribution < 1.29 is 40.6 Å². The first-order chi connectivity index (χ1) is 15.6. The summed E-state index contributed by atoms with van der Waals surface area (Å²) in [5, 5.41) is 0. The molecule has 4 nitrogen and oxygen atoms in total. The Bertz CT molecular complexity index is 1020. The molecular weight excluding hydrogens is 452 g/mol. The maximum absolute atomic E-state index is 13.3. The topological polar surface area (TPSA) is 40.6 Å². The Balaban J connectivity index is 1.56. The van der Waals surface area contributed by atoms with Crippen LogP contribution in [-0.2, 0) is 17.5 Å². The van der Waals surface area contributed by atoms with Gasteiger partial charge in [0.05, 0.1) is 24.5 Å². The van der Waals surface area contributed by atoms with E-state index in [1.165, 1.54) is 0 Å². The molecule has 0 N–H and O–H groups in total. The van der Waals surface area contributed by atoms with Gasteiger partial charge < -0.3 is 14.2 Å². The van der Waals surface area contributed by atoms with Crippen molar-refractivity contribution >= 4 is 0 Å². The quantitative estimate of drug-likeness (QED) is 0.327. The highest BCUT2D eigenvalue weighted by atomic mass is 19.4. The van der Waals surface area contributed by atoms with Crippen LogP contribution in [0.1, 0.15) is 11.3 Å². The molecule has 1 unspecified atom stereocenters. The molecule has 3 rings (SSSR count). The highest BCUT2D eigenvalue weighted by molar-refractivity contribution is 5.30. The van der Waals surface area contributed by atoms with Crippen molar-refractivity contribution in [1.29, 1.82) is 0 Å². The molecule has 0 spiro atoms. The van der Waals surface area contributed by atoms with Crippen LogP contribution in [0.2, 0.25) is 0 Å². The number of hydrogen-bond acceptors (Lipinski definition) is 4. The summed E-state index contributed by atoms with van der Waals surface area (Å²) < 4.78 is 94.1. The molecule has 2 aromatic carbocycles. The number of pyridine rings is 1. The molecule has 0 aliphatic heterocycles. The largest absolute Gasteiger partial charge is 0.493 e. The van der Waals surface area contributed by atoms with Crippen LogP contribution in [0.25, 0.3) is 0 Å². The van der Waals surface area contributed by atoms with Gasteiger partial charge in [0.25, 0.3) is 0 Å². The molecule has 1 aromatic heterocycles. The minimum Gasteiger partial charge on any atom is -0.493 e. The van der Waals surface area contributed by atoms with E-state index in [1.807, 2.05) is 6.07 Å². The first-order valence-corrected chi connectivity index (χ1v) is 9.74. The number of alkyl halides is 6. The summed E-state index contributed by atoms with van der Waals surface area (Å²) in [5.41, 5.74) is -0.661. The van der Waals surface area contributed by atoms with Crippen molar-refractivity contribution in [2.24, 2.45) is 5.92 Å². The van der Waals surface area contributed by atoms with Crippen LogP contribution < -0.4 is 9.47 Å². The summed E-state index contributed by atoms with van der Waals surface area (Å²) in [4.78, 5) is 4.19. The Hall–Kier alpha value is -3.27. The second-order valence-corrected chi connectivity index (χ2v) is 6.97. The number of aromatic nitrogens is 1. The van der Waals surface area contributed by atoms with Crippen molar-refractivity contribution in [2.75, 3.05) is 13.2 Å². The average molecular weight is 471 g/mol. The first kappa shape index (κ1) is 24.4. The summed E-state index contributed by atoms with van der Waals surface area (Å²) >= 11 is 0. The lowest BCUT2D eigenvalue weighted by Crippen LogP contribution is -2.32. The molecule has 176 valence electrons. The van der Waals surface area contributed by atoms with E-state index in [4.69, 9.17) is 14.2 Å². The molecule has 10 heteroatoms. The Labute approximate surface area is 185 Å². The van der Waals surface area contributed by atoms with E-state index < -0.39 is 37.0 Å². The zero-order valence-corrected chi connectivity index (χ0v) is 17.1. The molecule has 0 amide bonds. The SMILES string of the molecule is FC(F)(F)c1cccc(OCC(COCc2cccc(Oc3ccccc3)n2)C(F)(F)F)c1. The highest BCUT2D eigenvalue weighted by Gasteiger charge is 2.40. The summed E-state index contributed by atoms with van der Waals surface area (Å²) in [6.07, 6.45) is -9.30. The lowest BCUT2D eigenvalue weighted by atomic mass is 10.1. The zero-order chi connectivity index (χ0) is 23.9. The van der Waals surface area contributed by atoms with Gasteiger partial charge in [-0.25, -0.2) is 4.98 Å². The molecule has 33 heavy (non-hydrogen) atoms. The zero-order valence-electron chi connectivity index (χ0n) is 17.1. The van der Waals surface area contributed by atoms with Gasteiger partial charge in [-0.1, -0.05) is 30.3 Å². The van der Waals surface area contributed by atoms with Crippen LogP contribution in [0.5, 0.6) is 17.4 Å². The van der Waals surface area contributed by atoms with Gasteiger partial charge in [-0.15, -0.1) is 0 Å². The lowest BCUT2D eigenvalue weighted by molar-refractivity contribution is -0.196. The van der Waals surface area contributed by atoms with Gasteiger partial charge in [-0.2, -0.15) is 26.3 Å². The Kier molecular flexibility index (Phi) is 7.80. The number of nitrogens with zero attached hydrogens (tertiary/aromatic N) is 1. The van der Waals surface area contributed by atoms with Gasteiger partial charge in [-0.3, -0.25) is 0 Å². The summed E-state index contributed by atoms with van der Waals surface area (Å²) in [7, 11) is 0. The van der Waals surface area contributed by atoms with Gasteiger partial charge in [0.2, 0.25) is 5.88 Å². The average Bonchev–Trinajstić information content (AvgIpc) is 2.76. The highest BCUT2D eigenvalue weighted by Crippen LogP contribution is 2.32. The molecule has 1 heterocycles. The third-order valence-corrected chi connectivity index (χ3v) is 4.39. The predicted molar refractivity (Wildman–Crippen MR) is 107 cm³/mol. The fourth-order valence-corrected chi connectivity index (χ4v) is 2.71. The van der Waals surface area contributed by atoms with Crippen molar-refractivity contribution in [2.45, 2.75) is 19.0 Å². The monoisotopic (exact) mass is 471 g/mol. The molecule has 0 saturated carbocycles. The molecule has 3 aromatic rings. The van der Waals surface area contributed by atoms with E-state index in [-0.39, 0.29) is 18.2 Å². The van der Waals surface area contributed by atoms with Crippen LogP contribution in [0.15, 0.2) is 72.8 Å². The minimum absolute atomic E-state index is 0.220. The van der Waals surface area contributed by atoms with Gasteiger partial charge in [-0.05, 0) is 36.4 Å². The first-order valence-electron chi connectivity index (χ1n) is 9.74. The normalized spacial score (nSPS) is 12.9. The van der Waals surface area contributed by atoms with Crippen LogP contribution in [-0.4, -0.2) is 24.4 Å². The molecule has 0 fully saturated rings. The number of halogens is 6. The van der Waals surface area contributed by atoms with Crippen LogP contribution in [0.3, 0.4) is 0 Å². The molecule has 0 aliphatic rings. The van der Waals surface area contributed by atoms with E-state index in [2.05, 4.69) is 4.98 Å². The smallest absolute Gasteiger partial charge is 0.416 e. The van der Waals surface area contributed by atoms with Gasteiger partial charge in [0.1, 0.15) is 24.0 Å². The standard InChI is InChI=1S/C23H19F6NO3/c24-22(25,26)16-6-4-10-20(12-16)32-14-17(23(27,28)29)13-31-15-18-7-5-11-21(30-18)33-19-8-2-1-3-9-19/h1-12,17H,13-15H2. The van der Waals surface area contributed by atoms with Crippen molar-refractivity contribution in [3.8, 4) is 17.4 Å². The Morgan fingerprint density at radius 1 is 0.758 bits per heavy atom. The second-order valence-electron chi connectivity index (χ2n) is 6.97. The van der Waals surface area contributed by atoms with Crippen molar-refractivity contribution in [1.82, 2.24) is 4.98 Å². The summed E-state index contributed by atoms with van der Waals surface area (Å²) in [5.74, 6) is -1.56. The van der Waals surface area contributed by atoms with Gasteiger partial charge >= 0.3 is 12.4 Å². The molecule has 0 radical (unpaired) electrons. The Morgan fingerprint density at radius 2 is 1.45 bits per heavy atom. The second kappa shape index (κ2) is 10.6. The summed E-state index contributed by atoms with van der Waals surface area (Å²) in [6, 6.07) is 17.3. The number of rotatable bonds is 9. The number of benzene rings is 2. The maximum atomic E-state index is 13.3. The van der Waals surface area contributed by atoms with Gasteiger partial charge in [0.15, 0.2) is 0 Å². The minimum atomic E-state index is -4.67. The third kappa shape index (κ3) is 7.67. The molecule has 0 saturated heterocycles. The van der Waals surface area contributed by atoms with E-state index in [0.29, 0.717) is 17.5 Å². The van der Waals surface area contributed by atoms with E-state index in [0.717, 1.165) is 18.2 Å². The number of hydrogen-bond donors (Lipinski definition) is 0. The van der Waals surface area contributed by atoms with E-state index in [1.54, 1.807) is 42.5 Å². The lowest BCUT2D eigenvalue weighted by Gasteiger charge is -2.21. The van der Waals surface area contributed by atoms with E-state index >= 15 is 0 Å². The maximum Gasteiger partial charge on any atom is 0.416 e. The molecule has 0 aliphatic carbocycles. The van der Waals surface area contributed by atoms with Gasteiger partial charge in [0, 0.05) is 6.07 Å². The predicted octanol–water partition coefficient (Wildman–Crippen LogP) is 6.67. The van der Waals surface area contributed by atoms with Crippen LogP contribution >= 0.6 is 0 Å². The third-order valence-electron chi connectivity index (χ3n) is 4.39. The van der Waals surface area contributed by atoms with E-state index in [9.17, 15) is 26.3 Å². The van der Waals surface area contributed by atoms with Crippen LogP contribution in [0.4, 0.5) is 26.3 Å². The van der Waals surface area contributed by atoms with Crippen LogP contribution in [0, 0.1) is 5.92 Å². The van der Waals surface area contributed by atoms with Crippen molar-refractivity contribution in [3.63, 3.8) is 0 Å². The fourth-order valence-electron chi connectivity index (χ4n) is 2.71. The molecule has 0 bridgehead atoms. The molecule has 1 atom stereocenters. The Morgan fingerprint density at radius 3 is 2.15 bits per heavy atom. The summed E-state index contributed by atoms with van der Waals surface area (Å²) in [6.45, 7) is -1.87.